The minimum atomic E-state index is -3.35. The molecular weight excluding hydrogens is 395 g/mol. The first-order valence-electron chi connectivity index (χ1n) is 10.7. The van der Waals surface area contributed by atoms with E-state index in [4.69, 9.17) is 4.52 Å². The van der Waals surface area contributed by atoms with Crippen molar-refractivity contribution in [3.8, 4) is 0 Å². The third-order valence-electron chi connectivity index (χ3n) is 5.15. The lowest BCUT2D eigenvalue weighted by molar-refractivity contribution is 0.411. The maximum Gasteiger partial charge on any atom is 0.280 e. The summed E-state index contributed by atoms with van der Waals surface area (Å²) in [6.07, 6.45) is 0. The van der Waals surface area contributed by atoms with Crippen LogP contribution in [0.4, 0.5) is 11.5 Å². The summed E-state index contributed by atoms with van der Waals surface area (Å²) in [5, 5.41) is 9.68. The number of hydrogen-bond acceptors (Lipinski definition) is 6. The van der Waals surface area contributed by atoms with Crippen molar-refractivity contribution in [3.63, 3.8) is 0 Å². The van der Waals surface area contributed by atoms with Crippen LogP contribution < -0.4 is 20.5 Å². The lowest BCUT2D eigenvalue weighted by atomic mass is 10.1. The minimum Gasteiger partial charge on any atom is -0.364 e. The largest absolute Gasteiger partial charge is 0.364 e. The summed E-state index contributed by atoms with van der Waals surface area (Å²) in [6.45, 7) is 17.2. The first kappa shape index (κ1) is 24.4. The molecule has 0 saturated carbocycles. The standard InChI is InChI=1S/C23H37N4O2P/c1-16(2)26(17(3)4)21-15-22(24-25-23(21)27(18(5)6)19(7)8)30(28,29-9)20-13-11-10-12-14-20/h10-19H,1-9H3. The van der Waals surface area contributed by atoms with Crippen molar-refractivity contribution >= 4 is 29.6 Å². The monoisotopic (exact) mass is 432 g/mol. The molecule has 0 amide bonds. The maximum atomic E-state index is 13.9. The highest BCUT2D eigenvalue weighted by Gasteiger charge is 2.33. The zero-order valence-electron chi connectivity index (χ0n) is 19.8. The Morgan fingerprint density at radius 1 is 0.800 bits per heavy atom. The molecule has 0 aliphatic carbocycles. The molecule has 1 unspecified atom stereocenters. The SMILES string of the molecule is COP(=O)(c1ccccc1)c1cc(N(C(C)C)C(C)C)c(N(C(C)C)C(C)C)nn1. The van der Waals surface area contributed by atoms with Crippen molar-refractivity contribution in [2.45, 2.75) is 79.6 Å². The second-order valence-corrected chi connectivity index (χ2v) is 11.1. The number of rotatable bonds is 9. The number of aromatic nitrogens is 2. The van der Waals surface area contributed by atoms with Crippen LogP contribution in [0.25, 0.3) is 0 Å². The predicted octanol–water partition coefficient (Wildman–Crippen LogP) is 4.60. The van der Waals surface area contributed by atoms with Gasteiger partial charge in [0.2, 0.25) is 0 Å². The van der Waals surface area contributed by atoms with Gasteiger partial charge in [0, 0.05) is 36.6 Å². The molecule has 166 valence electrons. The predicted molar refractivity (Wildman–Crippen MR) is 128 cm³/mol. The van der Waals surface area contributed by atoms with E-state index in [0.717, 1.165) is 11.5 Å². The topological polar surface area (TPSA) is 58.6 Å². The van der Waals surface area contributed by atoms with E-state index in [1.165, 1.54) is 7.11 Å². The molecule has 7 heteroatoms. The first-order valence-corrected chi connectivity index (χ1v) is 12.3. The lowest BCUT2D eigenvalue weighted by Gasteiger charge is -2.39. The number of nitrogens with zero attached hydrogens (tertiary/aromatic N) is 4. The Kier molecular flexibility index (Phi) is 8.06. The normalized spacial score (nSPS) is 13.9. The molecule has 1 atom stereocenters. The Labute approximate surface area is 182 Å². The molecule has 30 heavy (non-hydrogen) atoms. The molecule has 6 nitrogen and oxygen atoms in total. The maximum absolute atomic E-state index is 13.9. The van der Waals surface area contributed by atoms with E-state index >= 15 is 0 Å². The summed E-state index contributed by atoms with van der Waals surface area (Å²) >= 11 is 0. The molecule has 0 N–H and O–H groups in total. The van der Waals surface area contributed by atoms with Crippen LogP contribution in [0.2, 0.25) is 0 Å². The fourth-order valence-corrected chi connectivity index (χ4v) is 5.76. The Balaban J connectivity index is 2.78. The van der Waals surface area contributed by atoms with Crippen LogP contribution >= 0.6 is 7.37 Å². The van der Waals surface area contributed by atoms with Crippen molar-refractivity contribution in [3.05, 3.63) is 36.4 Å². The fraction of sp³-hybridized carbons (Fsp3) is 0.565. The van der Waals surface area contributed by atoms with Crippen LogP contribution in [0.3, 0.4) is 0 Å². The Bertz CT molecular complexity index is 853. The molecular formula is C23H37N4O2P. The van der Waals surface area contributed by atoms with Gasteiger partial charge in [0.15, 0.2) is 11.3 Å². The van der Waals surface area contributed by atoms with Crippen molar-refractivity contribution in [1.29, 1.82) is 0 Å². The van der Waals surface area contributed by atoms with Crippen molar-refractivity contribution < 1.29 is 9.09 Å². The van der Waals surface area contributed by atoms with E-state index in [1.54, 1.807) is 0 Å². The highest BCUT2D eigenvalue weighted by atomic mass is 31.2. The van der Waals surface area contributed by atoms with Gasteiger partial charge in [0.1, 0.15) is 0 Å². The number of anilines is 2. The van der Waals surface area contributed by atoms with Gasteiger partial charge in [0.05, 0.1) is 5.69 Å². The van der Waals surface area contributed by atoms with Gasteiger partial charge in [0.25, 0.3) is 7.37 Å². The van der Waals surface area contributed by atoms with Crippen molar-refractivity contribution in [2.24, 2.45) is 0 Å². The average Bonchev–Trinajstić information content (AvgIpc) is 2.68. The van der Waals surface area contributed by atoms with Gasteiger partial charge in [-0.2, -0.15) is 0 Å². The summed E-state index contributed by atoms with van der Waals surface area (Å²) in [6, 6.07) is 12.1. The van der Waals surface area contributed by atoms with Gasteiger partial charge in [-0.1, -0.05) is 18.2 Å². The van der Waals surface area contributed by atoms with Crippen LogP contribution in [-0.2, 0) is 9.09 Å². The molecule has 0 radical (unpaired) electrons. The molecule has 0 spiro atoms. The quantitative estimate of drug-likeness (QED) is 0.540. The van der Waals surface area contributed by atoms with Crippen LogP contribution in [0.5, 0.6) is 0 Å². The van der Waals surface area contributed by atoms with E-state index in [1.807, 2.05) is 36.4 Å². The smallest absolute Gasteiger partial charge is 0.280 e. The molecule has 0 saturated heterocycles. The molecule has 0 aliphatic rings. The van der Waals surface area contributed by atoms with Gasteiger partial charge in [-0.15, -0.1) is 10.2 Å². The number of hydrogen-bond donors (Lipinski definition) is 0. The van der Waals surface area contributed by atoms with Gasteiger partial charge in [-0.05, 0) is 73.6 Å². The lowest BCUT2D eigenvalue weighted by Crippen LogP contribution is -2.43. The molecule has 1 aromatic carbocycles. The fourth-order valence-electron chi connectivity index (χ4n) is 4.08. The Hall–Kier alpha value is -1.91. The molecule has 0 fully saturated rings. The Morgan fingerprint density at radius 2 is 1.30 bits per heavy atom. The Morgan fingerprint density at radius 3 is 1.73 bits per heavy atom. The van der Waals surface area contributed by atoms with Gasteiger partial charge < -0.3 is 14.3 Å². The van der Waals surface area contributed by atoms with Crippen LogP contribution in [0, 0.1) is 0 Å². The molecule has 2 rings (SSSR count). The van der Waals surface area contributed by atoms with E-state index in [2.05, 4.69) is 75.4 Å². The van der Waals surface area contributed by atoms with Gasteiger partial charge in [-0.3, -0.25) is 4.57 Å². The second-order valence-electron chi connectivity index (χ2n) is 8.67. The zero-order valence-corrected chi connectivity index (χ0v) is 20.7. The molecule has 1 heterocycles. The molecule has 2 aromatic rings. The van der Waals surface area contributed by atoms with Gasteiger partial charge in [-0.25, -0.2) is 0 Å². The van der Waals surface area contributed by atoms with E-state index in [9.17, 15) is 4.57 Å². The average molecular weight is 433 g/mol. The summed E-state index contributed by atoms with van der Waals surface area (Å²) < 4.78 is 19.5. The summed E-state index contributed by atoms with van der Waals surface area (Å²) in [5.41, 5.74) is 1.30. The molecule has 1 aromatic heterocycles. The second kappa shape index (κ2) is 9.93. The summed E-state index contributed by atoms with van der Waals surface area (Å²) in [7, 11) is -1.88. The van der Waals surface area contributed by atoms with Crippen molar-refractivity contribution in [1.82, 2.24) is 10.2 Å². The molecule has 0 bridgehead atoms. The van der Waals surface area contributed by atoms with E-state index in [0.29, 0.717) is 10.7 Å². The van der Waals surface area contributed by atoms with E-state index < -0.39 is 7.37 Å². The number of benzene rings is 1. The molecule has 0 aliphatic heterocycles. The van der Waals surface area contributed by atoms with Gasteiger partial charge >= 0.3 is 0 Å². The summed E-state index contributed by atoms with van der Waals surface area (Å²) in [4.78, 5) is 4.56. The highest BCUT2D eigenvalue weighted by Crippen LogP contribution is 2.44. The minimum absolute atomic E-state index is 0.237. The van der Waals surface area contributed by atoms with E-state index in [-0.39, 0.29) is 24.2 Å². The van der Waals surface area contributed by atoms with Crippen LogP contribution in [-0.4, -0.2) is 41.5 Å². The highest BCUT2D eigenvalue weighted by molar-refractivity contribution is 7.74. The van der Waals surface area contributed by atoms with Crippen LogP contribution in [0.15, 0.2) is 36.4 Å². The summed E-state index contributed by atoms with van der Waals surface area (Å²) in [5.74, 6) is 0.807. The van der Waals surface area contributed by atoms with Crippen molar-refractivity contribution in [2.75, 3.05) is 16.9 Å². The zero-order chi connectivity index (χ0) is 22.6. The van der Waals surface area contributed by atoms with Crippen LogP contribution in [0.1, 0.15) is 55.4 Å². The third-order valence-corrected chi connectivity index (χ3v) is 7.46. The first-order chi connectivity index (χ1) is 14.0. The third kappa shape index (κ3) is 4.87.